The van der Waals surface area contributed by atoms with Crippen molar-refractivity contribution in [3.8, 4) is 0 Å². The highest BCUT2D eigenvalue weighted by atomic mass is 35.5. The smallest absolute Gasteiger partial charge is 0.129 e. The van der Waals surface area contributed by atoms with E-state index in [9.17, 15) is 0 Å². The number of amidine groups is 1. The van der Waals surface area contributed by atoms with Crippen LogP contribution < -0.4 is 5.32 Å². The van der Waals surface area contributed by atoms with Gasteiger partial charge in [0.25, 0.3) is 0 Å². The lowest BCUT2D eigenvalue weighted by Gasteiger charge is -2.15. The zero-order valence-corrected chi connectivity index (χ0v) is 11.2. The number of nitrogens with zero attached hydrogens (tertiary/aromatic N) is 1. The molecule has 0 saturated carbocycles. The molecule has 2 aromatic carbocycles. The Morgan fingerprint density at radius 2 is 1.58 bits per heavy atom. The lowest BCUT2D eigenvalue weighted by molar-refractivity contribution is 0.593. The van der Waals surface area contributed by atoms with Crippen LogP contribution >= 0.6 is 11.6 Å². The van der Waals surface area contributed by atoms with Crippen molar-refractivity contribution in [3.05, 3.63) is 71.8 Å². The first-order valence-corrected chi connectivity index (χ1v) is 6.92. The average Bonchev–Trinajstić information content (AvgIpc) is 2.93. The average molecular weight is 271 g/mol. The molecule has 1 N–H and O–H groups in total. The van der Waals surface area contributed by atoms with Gasteiger partial charge in [0.05, 0.1) is 12.1 Å². The van der Waals surface area contributed by atoms with Crippen LogP contribution in [0.3, 0.4) is 0 Å². The Hall–Kier alpha value is -1.80. The lowest BCUT2D eigenvalue weighted by atomic mass is 10.0. The van der Waals surface area contributed by atoms with Crippen molar-refractivity contribution in [1.29, 1.82) is 0 Å². The van der Waals surface area contributed by atoms with E-state index in [-0.39, 0.29) is 12.1 Å². The maximum Gasteiger partial charge on any atom is 0.129 e. The van der Waals surface area contributed by atoms with Crippen molar-refractivity contribution < 1.29 is 0 Å². The minimum absolute atomic E-state index is 0.0916. The van der Waals surface area contributed by atoms with E-state index in [4.69, 9.17) is 16.6 Å². The molecule has 1 heterocycles. The quantitative estimate of drug-likeness (QED) is 0.850. The molecule has 3 heteroatoms. The number of halogens is 1. The molecule has 0 aliphatic carbocycles. The van der Waals surface area contributed by atoms with Gasteiger partial charge in [0.1, 0.15) is 5.84 Å². The van der Waals surface area contributed by atoms with Gasteiger partial charge in [-0.25, -0.2) is 0 Å². The van der Waals surface area contributed by atoms with Gasteiger partial charge in [-0.1, -0.05) is 60.7 Å². The van der Waals surface area contributed by atoms with Gasteiger partial charge in [-0.15, -0.1) is 11.6 Å². The molecule has 0 fully saturated rings. The maximum absolute atomic E-state index is 6.07. The maximum atomic E-state index is 6.07. The number of hydrogen-bond acceptors (Lipinski definition) is 2. The molecule has 3 rings (SSSR count). The highest BCUT2D eigenvalue weighted by Gasteiger charge is 2.29. The summed E-state index contributed by atoms with van der Waals surface area (Å²) in [6, 6.07) is 20.7. The molecule has 0 bridgehead atoms. The second-order valence-corrected chi connectivity index (χ2v) is 4.91. The normalized spacial score (nSPS) is 21.8. The van der Waals surface area contributed by atoms with E-state index >= 15 is 0 Å². The number of hydrogen-bond donors (Lipinski definition) is 1. The standard InChI is InChI=1S/C16H15ClN2/c17-11-14-15(12-7-3-1-4-8-12)19-16(18-14)13-9-5-2-6-10-13/h1-10,14-15H,11H2,(H,18,19). The predicted octanol–water partition coefficient (Wildman–Crippen LogP) is 3.39. The zero-order chi connectivity index (χ0) is 13.1. The van der Waals surface area contributed by atoms with E-state index in [0.717, 1.165) is 11.4 Å². The summed E-state index contributed by atoms with van der Waals surface area (Å²) >= 11 is 6.07. The number of benzene rings is 2. The number of rotatable bonds is 3. The summed E-state index contributed by atoms with van der Waals surface area (Å²) in [5, 5.41) is 3.42. The zero-order valence-electron chi connectivity index (χ0n) is 10.5. The van der Waals surface area contributed by atoms with E-state index < -0.39 is 0 Å². The molecule has 19 heavy (non-hydrogen) atoms. The molecule has 2 aromatic rings. The minimum atomic E-state index is 0.0916. The summed E-state index contributed by atoms with van der Waals surface area (Å²) < 4.78 is 0. The van der Waals surface area contributed by atoms with Crippen LogP contribution in [0.5, 0.6) is 0 Å². The Kier molecular flexibility index (Phi) is 3.51. The fraction of sp³-hybridized carbons (Fsp3) is 0.188. The van der Waals surface area contributed by atoms with Crippen LogP contribution in [0.25, 0.3) is 0 Å². The first kappa shape index (κ1) is 12.2. The molecule has 2 unspecified atom stereocenters. The van der Waals surface area contributed by atoms with Crippen molar-refractivity contribution in [1.82, 2.24) is 5.32 Å². The molecular weight excluding hydrogens is 256 g/mol. The van der Waals surface area contributed by atoms with Crippen molar-refractivity contribution in [2.45, 2.75) is 12.1 Å². The van der Waals surface area contributed by atoms with E-state index in [1.807, 2.05) is 36.4 Å². The van der Waals surface area contributed by atoms with E-state index in [2.05, 4.69) is 29.6 Å². The number of alkyl halides is 1. The van der Waals surface area contributed by atoms with Crippen LogP contribution in [0.4, 0.5) is 0 Å². The molecule has 0 spiro atoms. The summed E-state index contributed by atoms with van der Waals surface area (Å²) in [5.74, 6) is 1.47. The summed E-state index contributed by atoms with van der Waals surface area (Å²) in [6.45, 7) is 0. The Balaban J connectivity index is 1.93. The third kappa shape index (κ3) is 2.49. The van der Waals surface area contributed by atoms with Gasteiger partial charge in [0.15, 0.2) is 0 Å². The van der Waals surface area contributed by atoms with Crippen LogP contribution in [0, 0.1) is 0 Å². The first-order valence-electron chi connectivity index (χ1n) is 6.39. The molecule has 96 valence electrons. The second-order valence-electron chi connectivity index (χ2n) is 4.60. The van der Waals surface area contributed by atoms with Crippen LogP contribution in [0.1, 0.15) is 17.2 Å². The first-order chi connectivity index (χ1) is 9.38. The van der Waals surface area contributed by atoms with Crippen molar-refractivity contribution in [3.63, 3.8) is 0 Å². The summed E-state index contributed by atoms with van der Waals surface area (Å²) in [7, 11) is 0. The predicted molar refractivity (Wildman–Crippen MR) is 79.8 cm³/mol. The van der Waals surface area contributed by atoms with Crippen molar-refractivity contribution in [2.75, 3.05) is 5.88 Å². The summed E-state index contributed by atoms with van der Waals surface area (Å²) in [5.41, 5.74) is 2.31. The Morgan fingerprint density at radius 1 is 0.947 bits per heavy atom. The van der Waals surface area contributed by atoms with Gasteiger partial charge in [-0.3, -0.25) is 4.99 Å². The molecule has 0 aromatic heterocycles. The second kappa shape index (κ2) is 5.45. The van der Waals surface area contributed by atoms with Gasteiger partial charge in [0.2, 0.25) is 0 Å². The molecule has 2 atom stereocenters. The Morgan fingerprint density at radius 3 is 2.21 bits per heavy atom. The van der Waals surface area contributed by atoms with E-state index in [1.54, 1.807) is 0 Å². The van der Waals surface area contributed by atoms with Gasteiger partial charge in [0, 0.05) is 11.4 Å². The Labute approximate surface area is 118 Å². The Bertz CT molecular complexity index is 566. The van der Waals surface area contributed by atoms with Gasteiger partial charge in [-0.2, -0.15) is 0 Å². The summed E-state index contributed by atoms with van der Waals surface area (Å²) in [6.07, 6.45) is 0. The molecule has 0 radical (unpaired) electrons. The highest BCUT2D eigenvalue weighted by molar-refractivity contribution is 6.18. The van der Waals surface area contributed by atoms with E-state index in [0.29, 0.717) is 5.88 Å². The molecule has 2 nitrogen and oxygen atoms in total. The minimum Gasteiger partial charge on any atom is -0.363 e. The largest absolute Gasteiger partial charge is 0.363 e. The molecular formula is C16H15ClN2. The number of aliphatic imine (C=N–C) groups is 1. The molecule has 0 saturated heterocycles. The van der Waals surface area contributed by atoms with E-state index in [1.165, 1.54) is 5.56 Å². The third-order valence-corrected chi connectivity index (χ3v) is 3.66. The van der Waals surface area contributed by atoms with Gasteiger partial charge >= 0.3 is 0 Å². The van der Waals surface area contributed by atoms with Crippen LogP contribution in [0.2, 0.25) is 0 Å². The molecule has 1 aliphatic heterocycles. The molecule has 0 amide bonds. The van der Waals surface area contributed by atoms with Crippen LogP contribution in [-0.4, -0.2) is 17.8 Å². The van der Waals surface area contributed by atoms with Gasteiger partial charge < -0.3 is 5.32 Å². The van der Waals surface area contributed by atoms with Crippen LogP contribution in [-0.2, 0) is 0 Å². The lowest BCUT2D eigenvalue weighted by Crippen LogP contribution is -2.33. The molecule has 1 aliphatic rings. The number of nitrogens with one attached hydrogen (secondary N) is 1. The van der Waals surface area contributed by atoms with Gasteiger partial charge in [-0.05, 0) is 5.56 Å². The fourth-order valence-corrected chi connectivity index (χ4v) is 2.60. The van der Waals surface area contributed by atoms with Crippen molar-refractivity contribution >= 4 is 17.4 Å². The van der Waals surface area contributed by atoms with Crippen molar-refractivity contribution in [2.24, 2.45) is 4.99 Å². The monoisotopic (exact) mass is 270 g/mol. The highest BCUT2D eigenvalue weighted by Crippen LogP contribution is 2.27. The topological polar surface area (TPSA) is 24.4 Å². The van der Waals surface area contributed by atoms with Crippen LogP contribution in [0.15, 0.2) is 65.7 Å². The summed E-state index contributed by atoms with van der Waals surface area (Å²) in [4.78, 5) is 4.80. The fourth-order valence-electron chi connectivity index (χ4n) is 2.35. The SMILES string of the molecule is ClCC1NC(c2ccccc2)=NC1c1ccccc1. The third-order valence-electron chi connectivity index (χ3n) is 3.33.